The van der Waals surface area contributed by atoms with Crippen LogP contribution < -0.4 is 4.74 Å². The lowest BCUT2D eigenvalue weighted by atomic mass is 9.77. The minimum absolute atomic E-state index is 0.551. The summed E-state index contributed by atoms with van der Waals surface area (Å²) in [4.78, 5) is 11.8. The van der Waals surface area contributed by atoms with Crippen LogP contribution in [0.4, 0.5) is 0 Å². The molecule has 2 atom stereocenters. The van der Waals surface area contributed by atoms with Gasteiger partial charge in [-0.25, -0.2) is 4.79 Å². The highest BCUT2D eigenvalue weighted by Crippen LogP contribution is 2.45. The first kappa shape index (κ1) is 11.7. The van der Waals surface area contributed by atoms with E-state index in [0.717, 1.165) is 18.4 Å². The predicted molar refractivity (Wildman–Crippen MR) is 67.6 cm³/mol. The third-order valence-corrected chi connectivity index (χ3v) is 4.26. The number of ether oxygens (including phenoxy) is 1. The van der Waals surface area contributed by atoms with Gasteiger partial charge >= 0.3 is 5.97 Å². The Labute approximate surface area is 107 Å². The highest BCUT2D eigenvalue weighted by Gasteiger charge is 2.46. The molecule has 96 valence electrons. The number of carbonyl (C=O) groups excluding carboxylic acids is 1. The van der Waals surface area contributed by atoms with Gasteiger partial charge < -0.3 is 9.84 Å². The number of aliphatic hydroxyl groups is 1. The number of hydrogen-bond acceptors (Lipinski definition) is 3. The van der Waals surface area contributed by atoms with E-state index in [4.69, 9.17) is 4.74 Å². The number of benzene rings is 1. The second kappa shape index (κ2) is 3.58. The summed E-state index contributed by atoms with van der Waals surface area (Å²) in [6.45, 7) is 5.80. The van der Waals surface area contributed by atoms with Crippen LogP contribution in [-0.4, -0.2) is 11.1 Å². The normalized spacial score (nSPS) is 29.8. The Hall–Kier alpha value is -1.35. The Morgan fingerprint density at radius 1 is 1.44 bits per heavy atom. The van der Waals surface area contributed by atoms with Crippen molar-refractivity contribution >= 4 is 5.97 Å². The van der Waals surface area contributed by atoms with E-state index in [2.05, 4.69) is 13.8 Å². The fourth-order valence-corrected chi connectivity index (χ4v) is 3.22. The van der Waals surface area contributed by atoms with Crippen molar-refractivity contribution in [3.05, 3.63) is 28.3 Å². The van der Waals surface area contributed by atoms with Gasteiger partial charge in [0.1, 0.15) is 5.75 Å². The van der Waals surface area contributed by atoms with Gasteiger partial charge in [0.05, 0.1) is 0 Å². The van der Waals surface area contributed by atoms with E-state index >= 15 is 0 Å². The molecule has 0 radical (unpaired) electrons. The molecular weight excluding hydrogens is 228 g/mol. The molecule has 3 nitrogen and oxygen atoms in total. The van der Waals surface area contributed by atoms with Crippen LogP contribution >= 0.6 is 0 Å². The van der Waals surface area contributed by atoms with Gasteiger partial charge in [-0.15, -0.1) is 0 Å². The molecule has 0 saturated carbocycles. The minimum Gasteiger partial charge on any atom is -0.424 e. The second-order valence-electron chi connectivity index (χ2n) is 5.83. The maximum absolute atomic E-state index is 11.8. The molecule has 18 heavy (non-hydrogen) atoms. The van der Waals surface area contributed by atoms with Crippen molar-refractivity contribution in [2.45, 2.75) is 45.6 Å². The summed E-state index contributed by atoms with van der Waals surface area (Å²) < 4.78 is 5.22. The fraction of sp³-hybridized carbons (Fsp3) is 0.533. The maximum atomic E-state index is 11.8. The van der Waals surface area contributed by atoms with E-state index in [9.17, 15) is 9.90 Å². The van der Waals surface area contributed by atoms with Crippen molar-refractivity contribution in [2.75, 3.05) is 0 Å². The van der Waals surface area contributed by atoms with Gasteiger partial charge in [-0.2, -0.15) is 0 Å². The quantitative estimate of drug-likeness (QED) is 0.564. The third-order valence-electron chi connectivity index (χ3n) is 4.26. The molecule has 0 amide bonds. The van der Waals surface area contributed by atoms with Crippen LogP contribution in [0.3, 0.4) is 0 Å². The minimum atomic E-state index is -1.48. The summed E-state index contributed by atoms with van der Waals surface area (Å²) in [6, 6.07) is 1.89. The summed E-state index contributed by atoms with van der Waals surface area (Å²) in [6.07, 6.45) is 3.12. The standard InChI is InChI=1S/C15H18O3/c1-8-4-5-10-9(2)7-12-13(11(10)6-8)15(3,17)14(16)18-12/h7-8,17H,4-6H2,1-3H3/t8-,15-/m0/s1. The molecule has 3 heteroatoms. The molecule has 0 bridgehead atoms. The van der Waals surface area contributed by atoms with Crippen LogP contribution in [0.2, 0.25) is 0 Å². The highest BCUT2D eigenvalue weighted by molar-refractivity contribution is 5.89. The van der Waals surface area contributed by atoms with E-state index in [1.54, 1.807) is 0 Å². The third kappa shape index (κ3) is 1.43. The number of rotatable bonds is 0. The average Bonchev–Trinajstić information content (AvgIpc) is 2.49. The number of carbonyl (C=O) groups is 1. The molecule has 0 aromatic heterocycles. The van der Waals surface area contributed by atoms with Crippen LogP contribution in [-0.2, 0) is 23.2 Å². The summed E-state index contributed by atoms with van der Waals surface area (Å²) in [5.74, 6) is 0.591. The van der Waals surface area contributed by atoms with Crippen molar-refractivity contribution in [2.24, 2.45) is 5.92 Å². The summed E-state index contributed by atoms with van der Waals surface area (Å²) in [7, 11) is 0. The van der Waals surface area contributed by atoms with Gasteiger partial charge in [0.15, 0.2) is 5.60 Å². The van der Waals surface area contributed by atoms with E-state index < -0.39 is 11.6 Å². The van der Waals surface area contributed by atoms with Crippen molar-refractivity contribution < 1.29 is 14.6 Å². The Bertz CT molecular complexity index is 543. The SMILES string of the molecule is Cc1cc2c(c3c1CC[C@H](C)C3)[C@](C)(O)C(=O)O2. The van der Waals surface area contributed by atoms with Gasteiger partial charge in [0, 0.05) is 5.56 Å². The molecular formula is C15H18O3. The topological polar surface area (TPSA) is 46.5 Å². The highest BCUT2D eigenvalue weighted by atomic mass is 16.6. The first-order chi connectivity index (χ1) is 8.41. The lowest BCUT2D eigenvalue weighted by molar-refractivity contribution is -0.150. The van der Waals surface area contributed by atoms with E-state index in [0.29, 0.717) is 17.2 Å². The lowest BCUT2D eigenvalue weighted by Gasteiger charge is -2.27. The Morgan fingerprint density at radius 3 is 2.89 bits per heavy atom. The Kier molecular flexibility index (Phi) is 2.33. The van der Waals surface area contributed by atoms with E-state index in [-0.39, 0.29) is 0 Å². The van der Waals surface area contributed by atoms with Crippen LogP contribution in [0.1, 0.15) is 42.5 Å². The van der Waals surface area contributed by atoms with Gasteiger partial charge in [0.2, 0.25) is 0 Å². The summed E-state index contributed by atoms with van der Waals surface area (Å²) >= 11 is 0. The van der Waals surface area contributed by atoms with E-state index in [1.165, 1.54) is 24.5 Å². The smallest absolute Gasteiger partial charge is 0.348 e. The number of hydrogen-bond donors (Lipinski definition) is 1. The predicted octanol–water partition coefficient (Wildman–Crippen LogP) is 2.25. The largest absolute Gasteiger partial charge is 0.424 e. The summed E-state index contributed by atoms with van der Waals surface area (Å²) in [5, 5.41) is 10.4. The monoisotopic (exact) mass is 246 g/mol. The van der Waals surface area contributed by atoms with E-state index in [1.807, 2.05) is 6.07 Å². The number of fused-ring (bicyclic) bond motifs is 3. The molecule has 1 aliphatic heterocycles. The van der Waals surface area contributed by atoms with Crippen LogP contribution in [0.15, 0.2) is 6.07 Å². The Morgan fingerprint density at radius 2 is 2.17 bits per heavy atom. The van der Waals surface area contributed by atoms with Crippen LogP contribution in [0, 0.1) is 12.8 Å². The molecule has 0 spiro atoms. The molecule has 1 aromatic carbocycles. The average molecular weight is 246 g/mol. The van der Waals surface area contributed by atoms with Crippen molar-refractivity contribution in [1.29, 1.82) is 0 Å². The number of esters is 1. The van der Waals surface area contributed by atoms with Crippen LogP contribution in [0.5, 0.6) is 5.75 Å². The molecule has 2 aliphatic rings. The van der Waals surface area contributed by atoms with Gasteiger partial charge in [0.25, 0.3) is 0 Å². The van der Waals surface area contributed by atoms with Crippen molar-refractivity contribution in [3.63, 3.8) is 0 Å². The molecule has 0 unspecified atom stereocenters. The molecule has 1 aromatic rings. The lowest BCUT2D eigenvalue weighted by Crippen LogP contribution is -2.31. The zero-order valence-corrected chi connectivity index (χ0v) is 11.0. The van der Waals surface area contributed by atoms with Crippen molar-refractivity contribution in [3.8, 4) is 5.75 Å². The molecule has 1 aliphatic carbocycles. The molecule has 1 N–H and O–H groups in total. The summed E-state index contributed by atoms with van der Waals surface area (Å²) in [5.41, 5.74) is 2.83. The molecule has 0 fully saturated rings. The first-order valence-electron chi connectivity index (χ1n) is 6.51. The maximum Gasteiger partial charge on any atom is 0.348 e. The zero-order valence-electron chi connectivity index (χ0n) is 11.0. The van der Waals surface area contributed by atoms with Crippen molar-refractivity contribution in [1.82, 2.24) is 0 Å². The number of aryl methyl sites for hydroxylation is 1. The van der Waals surface area contributed by atoms with Gasteiger partial charge in [-0.3, -0.25) is 0 Å². The Balaban J connectivity index is 2.27. The molecule has 3 rings (SSSR count). The second-order valence-corrected chi connectivity index (χ2v) is 5.83. The van der Waals surface area contributed by atoms with Gasteiger partial charge in [-0.05, 0) is 61.8 Å². The van der Waals surface area contributed by atoms with Crippen LogP contribution in [0.25, 0.3) is 0 Å². The zero-order chi connectivity index (χ0) is 13.1. The molecule has 0 saturated heterocycles. The van der Waals surface area contributed by atoms with Gasteiger partial charge in [-0.1, -0.05) is 6.92 Å². The molecule has 1 heterocycles. The fourth-order valence-electron chi connectivity index (χ4n) is 3.22. The first-order valence-corrected chi connectivity index (χ1v) is 6.51.